The van der Waals surface area contributed by atoms with E-state index in [0.717, 1.165) is 16.8 Å². The van der Waals surface area contributed by atoms with Gasteiger partial charge in [-0.1, -0.05) is 29.8 Å². The number of hydrogen-bond acceptors (Lipinski definition) is 2. The molecule has 2 amide bonds. The van der Waals surface area contributed by atoms with Gasteiger partial charge in [0.1, 0.15) is 5.82 Å². The van der Waals surface area contributed by atoms with E-state index >= 15 is 0 Å². The van der Waals surface area contributed by atoms with Crippen molar-refractivity contribution in [3.05, 3.63) is 65.5 Å². The molecule has 2 aromatic rings. The van der Waals surface area contributed by atoms with Crippen LogP contribution in [0.25, 0.3) is 0 Å². The van der Waals surface area contributed by atoms with Gasteiger partial charge in [-0.2, -0.15) is 0 Å². The zero-order valence-corrected chi connectivity index (χ0v) is 14.2. The van der Waals surface area contributed by atoms with Gasteiger partial charge in [0, 0.05) is 25.2 Å². The molecule has 1 unspecified atom stereocenters. The molecule has 0 aromatic heterocycles. The van der Waals surface area contributed by atoms with Crippen molar-refractivity contribution in [3.8, 4) is 0 Å². The van der Waals surface area contributed by atoms with Crippen molar-refractivity contribution in [2.45, 2.75) is 19.8 Å². The molecule has 0 saturated carbocycles. The molecule has 0 spiro atoms. The van der Waals surface area contributed by atoms with Crippen molar-refractivity contribution in [1.82, 2.24) is 5.32 Å². The van der Waals surface area contributed by atoms with Gasteiger partial charge in [0.15, 0.2) is 0 Å². The summed E-state index contributed by atoms with van der Waals surface area (Å²) in [5.41, 5.74) is 2.79. The zero-order valence-electron chi connectivity index (χ0n) is 14.2. The molecule has 5 heteroatoms. The lowest BCUT2D eigenvalue weighted by atomic mass is 10.1. The number of nitrogens with zero attached hydrogens (tertiary/aromatic N) is 1. The number of carbonyl (C=O) groups is 2. The molecule has 0 aliphatic carbocycles. The number of halogens is 1. The lowest BCUT2D eigenvalue weighted by Crippen LogP contribution is -2.34. The summed E-state index contributed by atoms with van der Waals surface area (Å²) in [5.74, 6) is -0.784. The average Bonchev–Trinajstić information content (AvgIpc) is 2.97. The molecule has 0 radical (unpaired) electrons. The van der Waals surface area contributed by atoms with E-state index in [1.54, 1.807) is 11.0 Å². The van der Waals surface area contributed by atoms with Crippen molar-refractivity contribution in [3.63, 3.8) is 0 Å². The second-order valence-corrected chi connectivity index (χ2v) is 6.41. The van der Waals surface area contributed by atoms with Crippen LogP contribution < -0.4 is 10.2 Å². The number of benzene rings is 2. The van der Waals surface area contributed by atoms with Crippen molar-refractivity contribution >= 4 is 17.5 Å². The Kier molecular flexibility index (Phi) is 5.12. The lowest BCUT2D eigenvalue weighted by Gasteiger charge is -2.17. The van der Waals surface area contributed by atoms with Crippen LogP contribution in [0.3, 0.4) is 0 Å². The van der Waals surface area contributed by atoms with Crippen LogP contribution in [0.2, 0.25) is 0 Å². The van der Waals surface area contributed by atoms with Crippen molar-refractivity contribution in [2.75, 3.05) is 18.0 Å². The first-order chi connectivity index (χ1) is 12.0. The minimum atomic E-state index is -0.346. The van der Waals surface area contributed by atoms with Crippen LogP contribution in [0.15, 0.2) is 48.5 Å². The molecule has 25 heavy (non-hydrogen) atoms. The van der Waals surface area contributed by atoms with Gasteiger partial charge in [0.05, 0.1) is 5.92 Å². The summed E-state index contributed by atoms with van der Waals surface area (Å²) in [6.07, 6.45) is 0.783. The highest BCUT2D eigenvalue weighted by Crippen LogP contribution is 2.25. The molecule has 4 nitrogen and oxygen atoms in total. The van der Waals surface area contributed by atoms with E-state index in [9.17, 15) is 14.0 Å². The highest BCUT2D eigenvalue weighted by Gasteiger charge is 2.34. The van der Waals surface area contributed by atoms with E-state index in [0.29, 0.717) is 19.5 Å². The number of amides is 2. The van der Waals surface area contributed by atoms with Crippen molar-refractivity contribution in [2.24, 2.45) is 5.92 Å². The predicted octanol–water partition coefficient (Wildman–Crippen LogP) is 2.85. The molecule has 1 fully saturated rings. The Bertz CT molecular complexity index is 774. The van der Waals surface area contributed by atoms with E-state index in [1.165, 1.54) is 12.1 Å². The molecule has 1 saturated heterocycles. The Labute approximate surface area is 146 Å². The van der Waals surface area contributed by atoms with E-state index in [4.69, 9.17) is 0 Å². The molecule has 2 aromatic carbocycles. The molecule has 1 atom stereocenters. The third kappa shape index (κ3) is 4.24. The quantitative estimate of drug-likeness (QED) is 0.910. The van der Waals surface area contributed by atoms with E-state index < -0.39 is 0 Å². The zero-order chi connectivity index (χ0) is 17.8. The Balaban J connectivity index is 1.53. The minimum Gasteiger partial charge on any atom is -0.355 e. The third-order valence-corrected chi connectivity index (χ3v) is 4.44. The maximum absolute atomic E-state index is 13.1. The fourth-order valence-corrected chi connectivity index (χ4v) is 3.02. The number of aryl methyl sites for hydroxylation is 1. The van der Waals surface area contributed by atoms with Gasteiger partial charge in [-0.05, 0) is 43.2 Å². The number of carbonyl (C=O) groups excluding carboxylic acids is 2. The molecule has 0 bridgehead atoms. The van der Waals surface area contributed by atoms with E-state index in [-0.39, 0.29) is 30.0 Å². The standard InChI is InChI=1S/C20H21FN2O2/c1-14-5-7-18(8-6-14)23-13-16(12-19(23)24)20(25)22-10-9-15-3-2-4-17(21)11-15/h2-8,11,16H,9-10,12-13H2,1H3,(H,22,25). The van der Waals surface area contributed by atoms with Gasteiger partial charge in [0.2, 0.25) is 11.8 Å². The van der Waals surface area contributed by atoms with Crippen LogP contribution in [0.1, 0.15) is 17.5 Å². The molecule has 1 aliphatic rings. The molecule has 1 heterocycles. The largest absolute Gasteiger partial charge is 0.355 e. The maximum Gasteiger partial charge on any atom is 0.227 e. The monoisotopic (exact) mass is 340 g/mol. The van der Waals surface area contributed by atoms with Crippen molar-refractivity contribution < 1.29 is 14.0 Å². The van der Waals surface area contributed by atoms with Gasteiger partial charge in [-0.25, -0.2) is 4.39 Å². The topological polar surface area (TPSA) is 49.4 Å². The Morgan fingerprint density at radius 1 is 1.24 bits per heavy atom. The fourth-order valence-electron chi connectivity index (χ4n) is 3.02. The summed E-state index contributed by atoms with van der Waals surface area (Å²) in [5, 5.41) is 2.85. The fraction of sp³-hybridized carbons (Fsp3) is 0.300. The normalized spacial score (nSPS) is 17.0. The summed E-state index contributed by atoms with van der Waals surface area (Å²) < 4.78 is 13.1. The number of anilines is 1. The number of rotatable bonds is 5. The van der Waals surface area contributed by atoms with Gasteiger partial charge in [-0.15, -0.1) is 0 Å². The Morgan fingerprint density at radius 3 is 2.72 bits per heavy atom. The molecule has 1 N–H and O–H groups in total. The van der Waals surface area contributed by atoms with Gasteiger partial charge < -0.3 is 10.2 Å². The molecular weight excluding hydrogens is 319 g/mol. The first kappa shape index (κ1) is 17.1. The van der Waals surface area contributed by atoms with E-state index in [1.807, 2.05) is 37.3 Å². The Hall–Kier alpha value is -2.69. The van der Waals surface area contributed by atoms with Crippen LogP contribution >= 0.6 is 0 Å². The molecule has 3 rings (SSSR count). The summed E-state index contributed by atoms with van der Waals surface area (Å²) >= 11 is 0. The molecule has 1 aliphatic heterocycles. The van der Waals surface area contributed by atoms with Gasteiger partial charge in [-0.3, -0.25) is 9.59 Å². The summed E-state index contributed by atoms with van der Waals surface area (Å²) in [6.45, 7) is 2.82. The first-order valence-corrected chi connectivity index (χ1v) is 8.42. The highest BCUT2D eigenvalue weighted by molar-refractivity contribution is 6.00. The predicted molar refractivity (Wildman–Crippen MR) is 94.8 cm³/mol. The average molecular weight is 340 g/mol. The second-order valence-electron chi connectivity index (χ2n) is 6.41. The lowest BCUT2D eigenvalue weighted by molar-refractivity contribution is -0.126. The number of hydrogen-bond donors (Lipinski definition) is 1. The third-order valence-electron chi connectivity index (χ3n) is 4.44. The Morgan fingerprint density at radius 2 is 2.00 bits per heavy atom. The minimum absolute atomic E-state index is 0.0332. The SMILES string of the molecule is Cc1ccc(N2CC(C(=O)NCCc3cccc(F)c3)CC2=O)cc1. The van der Waals surface area contributed by atoms with Crippen LogP contribution in [-0.2, 0) is 16.0 Å². The van der Waals surface area contributed by atoms with Gasteiger partial charge >= 0.3 is 0 Å². The van der Waals surface area contributed by atoms with Crippen LogP contribution in [0.4, 0.5) is 10.1 Å². The first-order valence-electron chi connectivity index (χ1n) is 8.42. The molecule has 130 valence electrons. The summed E-state index contributed by atoms with van der Waals surface area (Å²) in [4.78, 5) is 26.2. The second kappa shape index (κ2) is 7.47. The number of nitrogens with one attached hydrogen (secondary N) is 1. The van der Waals surface area contributed by atoms with Gasteiger partial charge in [0.25, 0.3) is 0 Å². The van der Waals surface area contributed by atoms with Crippen LogP contribution in [0.5, 0.6) is 0 Å². The van der Waals surface area contributed by atoms with Crippen LogP contribution in [0, 0.1) is 18.7 Å². The highest BCUT2D eigenvalue weighted by atomic mass is 19.1. The van der Waals surface area contributed by atoms with E-state index in [2.05, 4.69) is 5.32 Å². The van der Waals surface area contributed by atoms with Crippen molar-refractivity contribution in [1.29, 1.82) is 0 Å². The summed E-state index contributed by atoms with van der Waals surface area (Å²) in [6, 6.07) is 14.0. The maximum atomic E-state index is 13.1. The molecular formula is C20H21FN2O2. The summed E-state index contributed by atoms with van der Waals surface area (Å²) in [7, 11) is 0. The van der Waals surface area contributed by atoms with Crippen LogP contribution in [-0.4, -0.2) is 24.9 Å². The smallest absolute Gasteiger partial charge is 0.227 e.